The lowest BCUT2D eigenvalue weighted by atomic mass is 9.40. The van der Waals surface area contributed by atoms with E-state index in [1.54, 1.807) is 19.9 Å². The maximum absolute atomic E-state index is 12.8. The van der Waals surface area contributed by atoms with E-state index >= 15 is 0 Å². The number of rotatable bonds is 4. The van der Waals surface area contributed by atoms with Gasteiger partial charge in [-0.2, -0.15) is 0 Å². The Morgan fingerprint density at radius 3 is 2.65 bits per heavy atom. The van der Waals surface area contributed by atoms with Crippen molar-refractivity contribution in [3.8, 4) is 0 Å². The lowest BCUT2D eigenvalue weighted by Crippen LogP contribution is -2.75. The molecule has 3 rings (SSSR count). The fourth-order valence-electron chi connectivity index (χ4n) is 5.00. The average Bonchev–Trinajstić information content (AvgIpc) is 2.46. The molecule has 4 heteroatoms. The Hall–Kier alpha value is -1.45. The van der Waals surface area contributed by atoms with Gasteiger partial charge in [0.1, 0.15) is 5.78 Å². The van der Waals surface area contributed by atoms with E-state index in [4.69, 9.17) is 4.74 Å². The van der Waals surface area contributed by atoms with Crippen molar-refractivity contribution in [1.82, 2.24) is 0 Å². The van der Waals surface area contributed by atoms with Crippen molar-refractivity contribution in [2.45, 2.75) is 70.8 Å². The molecular weight excluding hydrogens is 292 g/mol. The zero-order valence-electron chi connectivity index (χ0n) is 14.2. The molecule has 0 aromatic carbocycles. The van der Waals surface area contributed by atoms with Crippen molar-refractivity contribution in [1.29, 1.82) is 0 Å². The summed E-state index contributed by atoms with van der Waals surface area (Å²) < 4.78 is 5.88. The van der Waals surface area contributed by atoms with Gasteiger partial charge >= 0.3 is 5.97 Å². The number of carbonyl (C=O) groups is 3. The Kier molecular flexibility index (Phi) is 3.77. The number of esters is 1. The summed E-state index contributed by atoms with van der Waals surface area (Å²) in [5.41, 5.74) is -2.62. The predicted molar refractivity (Wildman–Crippen MR) is 85.7 cm³/mol. The minimum absolute atomic E-state index is 0.0435. The Morgan fingerprint density at radius 2 is 2.00 bits per heavy atom. The second-order valence-electron chi connectivity index (χ2n) is 8.06. The maximum Gasteiger partial charge on any atom is 0.312 e. The highest BCUT2D eigenvalue weighted by Gasteiger charge is 2.76. The minimum Gasteiger partial charge on any atom is -0.450 e. The summed E-state index contributed by atoms with van der Waals surface area (Å²) in [7, 11) is 0. The molecule has 0 aliphatic heterocycles. The minimum atomic E-state index is -1.18. The quantitative estimate of drug-likeness (QED) is 0.589. The topological polar surface area (TPSA) is 60.4 Å². The lowest BCUT2D eigenvalue weighted by Gasteiger charge is -2.65. The van der Waals surface area contributed by atoms with E-state index in [9.17, 15) is 14.4 Å². The smallest absolute Gasteiger partial charge is 0.312 e. The van der Waals surface area contributed by atoms with Crippen LogP contribution >= 0.6 is 0 Å². The van der Waals surface area contributed by atoms with Gasteiger partial charge in [-0.3, -0.25) is 14.4 Å². The van der Waals surface area contributed by atoms with Crippen molar-refractivity contribution < 1.29 is 19.1 Å². The van der Waals surface area contributed by atoms with E-state index in [0.717, 1.165) is 19.3 Å². The summed E-state index contributed by atoms with van der Waals surface area (Å²) in [5.74, 6) is -0.0763. The van der Waals surface area contributed by atoms with E-state index in [-0.39, 0.29) is 23.5 Å². The van der Waals surface area contributed by atoms with Crippen LogP contribution in [0.15, 0.2) is 12.7 Å². The van der Waals surface area contributed by atoms with Crippen molar-refractivity contribution in [2.24, 2.45) is 16.7 Å². The van der Waals surface area contributed by atoms with Crippen LogP contribution in [0.25, 0.3) is 0 Å². The monoisotopic (exact) mass is 318 g/mol. The molecular formula is C19H26O4. The molecule has 0 unspecified atom stereocenters. The zero-order chi connectivity index (χ0) is 16.9. The fourth-order valence-corrected chi connectivity index (χ4v) is 5.00. The van der Waals surface area contributed by atoms with Gasteiger partial charge in [-0.15, -0.1) is 6.58 Å². The highest BCUT2D eigenvalue weighted by Crippen LogP contribution is 2.66. The van der Waals surface area contributed by atoms with Crippen LogP contribution in [0.1, 0.15) is 65.2 Å². The van der Waals surface area contributed by atoms with Gasteiger partial charge in [0.25, 0.3) is 0 Å². The van der Waals surface area contributed by atoms with Crippen molar-refractivity contribution in [2.75, 3.05) is 0 Å². The zero-order valence-corrected chi connectivity index (χ0v) is 14.2. The molecule has 0 bridgehead atoms. The first-order valence-corrected chi connectivity index (χ1v) is 8.71. The van der Waals surface area contributed by atoms with Crippen LogP contribution < -0.4 is 0 Å². The first-order valence-electron chi connectivity index (χ1n) is 8.71. The number of hydrogen-bond donors (Lipinski definition) is 0. The molecule has 0 saturated heterocycles. The summed E-state index contributed by atoms with van der Waals surface area (Å²) in [6, 6.07) is 0. The second kappa shape index (κ2) is 5.29. The molecule has 23 heavy (non-hydrogen) atoms. The first kappa shape index (κ1) is 16.4. The SMILES string of the molecule is C=CCC(C)(C)C(=O)O[C@@]12C[C@H]3CCCC(=O)[C@]31CCCC2=O. The predicted octanol–water partition coefficient (Wildman–Crippen LogP) is 3.38. The third-order valence-electron chi connectivity index (χ3n) is 6.30. The molecule has 0 aromatic rings. The van der Waals surface area contributed by atoms with Gasteiger partial charge in [0, 0.05) is 12.8 Å². The lowest BCUT2D eigenvalue weighted by molar-refractivity contribution is -0.244. The molecule has 3 aliphatic carbocycles. The molecule has 0 radical (unpaired) electrons. The molecule has 3 saturated carbocycles. The number of carbonyl (C=O) groups excluding carboxylic acids is 3. The number of allylic oxidation sites excluding steroid dienone is 1. The highest BCUT2D eigenvalue weighted by molar-refractivity contribution is 6.02. The van der Waals surface area contributed by atoms with Gasteiger partial charge in [0.2, 0.25) is 0 Å². The van der Waals surface area contributed by atoms with E-state index < -0.39 is 16.4 Å². The fraction of sp³-hybridized carbons (Fsp3) is 0.737. The highest BCUT2D eigenvalue weighted by atomic mass is 16.6. The largest absolute Gasteiger partial charge is 0.450 e. The molecule has 126 valence electrons. The summed E-state index contributed by atoms with van der Waals surface area (Å²) in [4.78, 5) is 38.2. The molecule has 0 amide bonds. The van der Waals surface area contributed by atoms with Crippen molar-refractivity contribution in [3.05, 3.63) is 12.7 Å². The van der Waals surface area contributed by atoms with Gasteiger partial charge in [0.15, 0.2) is 11.4 Å². The van der Waals surface area contributed by atoms with Gasteiger partial charge in [-0.05, 0) is 58.3 Å². The van der Waals surface area contributed by atoms with E-state index in [0.29, 0.717) is 32.1 Å². The van der Waals surface area contributed by atoms with E-state index in [2.05, 4.69) is 6.58 Å². The van der Waals surface area contributed by atoms with Crippen LogP contribution in [-0.4, -0.2) is 23.1 Å². The van der Waals surface area contributed by atoms with Gasteiger partial charge < -0.3 is 4.74 Å². The number of ether oxygens (including phenoxy) is 1. The van der Waals surface area contributed by atoms with E-state index in [1.165, 1.54) is 0 Å². The second-order valence-corrected chi connectivity index (χ2v) is 8.06. The van der Waals surface area contributed by atoms with Gasteiger partial charge in [-0.25, -0.2) is 0 Å². The molecule has 4 nitrogen and oxygen atoms in total. The number of hydrogen-bond acceptors (Lipinski definition) is 4. The van der Waals surface area contributed by atoms with E-state index in [1.807, 2.05) is 0 Å². The Labute approximate surface area is 137 Å². The third kappa shape index (κ3) is 2.06. The normalized spacial score (nSPS) is 36.5. The van der Waals surface area contributed by atoms with Crippen LogP contribution in [-0.2, 0) is 19.1 Å². The third-order valence-corrected chi connectivity index (χ3v) is 6.30. The molecule has 0 N–H and O–H groups in total. The molecule has 1 spiro atoms. The maximum atomic E-state index is 12.8. The van der Waals surface area contributed by atoms with Crippen LogP contribution in [0.5, 0.6) is 0 Å². The van der Waals surface area contributed by atoms with Crippen LogP contribution in [0, 0.1) is 16.7 Å². The van der Waals surface area contributed by atoms with Crippen molar-refractivity contribution in [3.63, 3.8) is 0 Å². The van der Waals surface area contributed by atoms with Gasteiger partial charge in [-0.1, -0.05) is 6.08 Å². The van der Waals surface area contributed by atoms with Crippen LogP contribution in [0.2, 0.25) is 0 Å². The standard InChI is InChI=1S/C19H26O4/c1-4-10-17(2,3)16(22)23-19-12-13-7-5-8-14(20)18(13,19)11-6-9-15(19)21/h4,13H,1,5-12H2,2-3H3/t13-,18+,19-/m1/s1. The molecule has 3 aliphatic rings. The molecule has 3 fully saturated rings. The molecule has 0 heterocycles. The molecule has 3 atom stereocenters. The van der Waals surface area contributed by atoms with Crippen LogP contribution in [0.3, 0.4) is 0 Å². The number of ketones is 2. The molecule has 0 aromatic heterocycles. The number of Topliss-reactive ketones (excluding diaryl/α,β-unsaturated/α-hetero) is 2. The van der Waals surface area contributed by atoms with Crippen LogP contribution in [0.4, 0.5) is 0 Å². The summed E-state index contributed by atoms with van der Waals surface area (Å²) in [5, 5.41) is 0. The van der Waals surface area contributed by atoms with Crippen molar-refractivity contribution >= 4 is 17.5 Å². The Balaban J connectivity index is 1.94. The Bertz CT molecular complexity index is 576. The Morgan fingerprint density at radius 1 is 1.30 bits per heavy atom. The first-order chi connectivity index (χ1) is 10.8. The van der Waals surface area contributed by atoms with Gasteiger partial charge in [0.05, 0.1) is 10.8 Å². The summed E-state index contributed by atoms with van der Waals surface area (Å²) in [6.07, 6.45) is 6.92. The summed E-state index contributed by atoms with van der Waals surface area (Å²) in [6.45, 7) is 7.28. The average molecular weight is 318 g/mol. The summed E-state index contributed by atoms with van der Waals surface area (Å²) >= 11 is 0.